The third-order valence-corrected chi connectivity index (χ3v) is 4.94. The highest BCUT2D eigenvalue weighted by atomic mass is 16.5. The molecule has 2 saturated heterocycles. The average molecular weight is 347 g/mol. The van der Waals surface area contributed by atoms with Gasteiger partial charge >= 0.3 is 0 Å². The fraction of sp³-hybridized carbons (Fsp3) is 0.632. The zero-order valence-electron chi connectivity index (χ0n) is 15.2. The van der Waals surface area contributed by atoms with Crippen LogP contribution < -0.4 is 4.74 Å². The highest BCUT2D eigenvalue weighted by Gasteiger charge is 2.22. The molecule has 1 aromatic rings. The third-order valence-electron chi connectivity index (χ3n) is 4.94. The molecule has 1 aromatic carbocycles. The van der Waals surface area contributed by atoms with Crippen LogP contribution in [0.2, 0.25) is 0 Å². The highest BCUT2D eigenvalue weighted by Crippen LogP contribution is 2.12. The van der Waals surface area contributed by atoms with Crippen molar-refractivity contribution in [1.29, 1.82) is 0 Å². The average Bonchev–Trinajstić information content (AvgIpc) is 2.67. The Balaban J connectivity index is 1.33. The summed E-state index contributed by atoms with van der Waals surface area (Å²) in [5.74, 6) is 0.830. The second-order valence-corrected chi connectivity index (χ2v) is 6.78. The maximum Gasteiger partial charge on any atom is 0.260 e. The van der Waals surface area contributed by atoms with Crippen molar-refractivity contribution in [2.45, 2.75) is 6.92 Å². The van der Waals surface area contributed by atoms with Crippen LogP contribution in [0.15, 0.2) is 24.3 Å². The number of benzene rings is 1. The number of hydrogen-bond donors (Lipinski definition) is 0. The van der Waals surface area contributed by atoms with Crippen molar-refractivity contribution in [2.24, 2.45) is 0 Å². The molecule has 1 amide bonds. The van der Waals surface area contributed by atoms with E-state index in [2.05, 4.69) is 9.80 Å². The number of carbonyl (C=O) groups excluding carboxylic acids is 1. The van der Waals surface area contributed by atoms with Gasteiger partial charge in [-0.1, -0.05) is 17.7 Å². The Morgan fingerprint density at radius 3 is 2.20 bits per heavy atom. The lowest BCUT2D eigenvalue weighted by molar-refractivity contribution is -0.135. The molecule has 6 nitrogen and oxygen atoms in total. The molecule has 138 valence electrons. The van der Waals surface area contributed by atoms with Crippen LogP contribution in [0.5, 0.6) is 5.75 Å². The van der Waals surface area contributed by atoms with Gasteiger partial charge in [0.1, 0.15) is 5.75 Å². The number of hydrogen-bond acceptors (Lipinski definition) is 5. The van der Waals surface area contributed by atoms with Crippen molar-refractivity contribution in [2.75, 3.05) is 72.2 Å². The van der Waals surface area contributed by atoms with E-state index in [1.807, 2.05) is 36.1 Å². The monoisotopic (exact) mass is 347 g/mol. The van der Waals surface area contributed by atoms with Crippen LogP contribution in [0.3, 0.4) is 0 Å². The summed E-state index contributed by atoms with van der Waals surface area (Å²) < 4.78 is 11.0. The first kappa shape index (κ1) is 18.2. The number of amides is 1. The second-order valence-electron chi connectivity index (χ2n) is 6.78. The molecule has 0 spiro atoms. The van der Waals surface area contributed by atoms with Gasteiger partial charge in [0.2, 0.25) is 0 Å². The number of aryl methyl sites for hydroxylation is 1. The van der Waals surface area contributed by atoms with Gasteiger partial charge in [-0.2, -0.15) is 0 Å². The minimum atomic E-state index is 0.0772. The molecule has 25 heavy (non-hydrogen) atoms. The number of rotatable bonds is 6. The highest BCUT2D eigenvalue weighted by molar-refractivity contribution is 5.77. The fourth-order valence-corrected chi connectivity index (χ4v) is 3.20. The summed E-state index contributed by atoms with van der Waals surface area (Å²) in [6.07, 6.45) is 0. The molecule has 0 saturated carbocycles. The van der Waals surface area contributed by atoms with E-state index in [0.29, 0.717) is 0 Å². The Morgan fingerprint density at radius 2 is 1.56 bits per heavy atom. The maximum atomic E-state index is 12.3. The Bertz CT molecular complexity index is 535. The minimum absolute atomic E-state index is 0.0772. The third kappa shape index (κ3) is 5.70. The number of morpholine rings is 1. The Labute approximate surface area is 150 Å². The van der Waals surface area contributed by atoms with Gasteiger partial charge in [0, 0.05) is 52.4 Å². The summed E-state index contributed by atoms with van der Waals surface area (Å²) in [5.41, 5.74) is 1.19. The molecule has 0 radical (unpaired) electrons. The van der Waals surface area contributed by atoms with Gasteiger partial charge in [-0.15, -0.1) is 0 Å². The van der Waals surface area contributed by atoms with Crippen LogP contribution in [0.25, 0.3) is 0 Å². The molecule has 2 aliphatic heterocycles. The molecular weight excluding hydrogens is 318 g/mol. The van der Waals surface area contributed by atoms with Crippen molar-refractivity contribution in [3.05, 3.63) is 29.8 Å². The number of piperazine rings is 1. The first-order valence-corrected chi connectivity index (χ1v) is 9.20. The van der Waals surface area contributed by atoms with Gasteiger partial charge in [-0.3, -0.25) is 14.6 Å². The molecule has 0 N–H and O–H groups in total. The summed E-state index contributed by atoms with van der Waals surface area (Å²) in [5, 5.41) is 0. The Kier molecular flexibility index (Phi) is 6.67. The van der Waals surface area contributed by atoms with E-state index in [1.165, 1.54) is 5.56 Å². The molecular formula is C19H29N3O3. The molecule has 0 unspecified atom stereocenters. The molecule has 0 atom stereocenters. The van der Waals surface area contributed by atoms with Crippen LogP contribution in [0.4, 0.5) is 0 Å². The molecule has 2 fully saturated rings. The Morgan fingerprint density at radius 1 is 0.960 bits per heavy atom. The number of ether oxygens (including phenoxy) is 2. The SMILES string of the molecule is Cc1ccc(OCC(=O)N2CCN(CCN3CCOCC3)CC2)cc1. The minimum Gasteiger partial charge on any atom is -0.484 e. The first-order valence-electron chi connectivity index (χ1n) is 9.20. The molecule has 6 heteroatoms. The van der Waals surface area contributed by atoms with Crippen LogP contribution >= 0.6 is 0 Å². The van der Waals surface area contributed by atoms with E-state index in [0.717, 1.165) is 71.3 Å². The van der Waals surface area contributed by atoms with Crippen molar-refractivity contribution in [3.63, 3.8) is 0 Å². The van der Waals surface area contributed by atoms with Crippen LogP contribution in [0.1, 0.15) is 5.56 Å². The number of carbonyl (C=O) groups is 1. The van der Waals surface area contributed by atoms with Crippen molar-refractivity contribution in [1.82, 2.24) is 14.7 Å². The Hall–Kier alpha value is -1.63. The molecule has 2 heterocycles. The van der Waals surface area contributed by atoms with Gasteiger partial charge in [-0.25, -0.2) is 0 Å². The summed E-state index contributed by atoms with van der Waals surface area (Å²) >= 11 is 0. The predicted molar refractivity (Wildman–Crippen MR) is 97.0 cm³/mol. The van der Waals surface area contributed by atoms with Gasteiger partial charge in [0.25, 0.3) is 5.91 Å². The lowest BCUT2D eigenvalue weighted by Crippen LogP contribution is -2.51. The molecule has 0 aromatic heterocycles. The molecule has 2 aliphatic rings. The smallest absolute Gasteiger partial charge is 0.260 e. The van der Waals surface area contributed by atoms with Crippen molar-refractivity contribution < 1.29 is 14.3 Å². The lowest BCUT2D eigenvalue weighted by atomic mass is 10.2. The quantitative estimate of drug-likeness (QED) is 0.763. The van der Waals surface area contributed by atoms with Crippen LogP contribution in [-0.4, -0.2) is 92.8 Å². The van der Waals surface area contributed by atoms with E-state index in [9.17, 15) is 4.79 Å². The fourth-order valence-electron chi connectivity index (χ4n) is 3.20. The van der Waals surface area contributed by atoms with Crippen molar-refractivity contribution >= 4 is 5.91 Å². The van der Waals surface area contributed by atoms with E-state index >= 15 is 0 Å². The van der Waals surface area contributed by atoms with E-state index < -0.39 is 0 Å². The molecule has 0 aliphatic carbocycles. The zero-order chi connectivity index (χ0) is 17.5. The largest absolute Gasteiger partial charge is 0.484 e. The van der Waals surface area contributed by atoms with Crippen LogP contribution in [0, 0.1) is 6.92 Å². The molecule has 3 rings (SSSR count). The topological polar surface area (TPSA) is 45.2 Å². The van der Waals surface area contributed by atoms with Gasteiger partial charge in [0.15, 0.2) is 6.61 Å². The van der Waals surface area contributed by atoms with E-state index in [1.54, 1.807) is 0 Å². The predicted octanol–water partition coefficient (Wildman–Crippen LogP) is 0.850. The summed E-state index contributed by atoms with van der Waals surface area (Å²) in [6.45, 7) is 11.6. The van der Waals surface area contributed by atoms with Gasteiger partial charge in [0.05, 0.1) is 13.2 Å². The van der Waals surface area contributed by atoms with E-state index in [-0.39, 0.29) is 12.5 Å². The first-order chi connectivity index (χ1) is 12.2. The summed E-state index contributed by atoms with van der Waals surface area (Å²) in [6, 6.07) is 7.80. The molecule has 0 bridgehead atoms. The maximum absolute atomic E-state index is 12.3. The standard InChI is InChI=1S/C19H29N3O3/c1-17-2-4-18(5-3-17)25-16-19(23)22-10-8-20(9-11-22)6-7-21-12-14-24-15-13-21/h2-5H,6-16H2,1H3. The van der Waals surface area contributed by atoms with E-state index in [4.69, 9.17) is 9.47 Å². The second kappa shape index (κ2) is 9.17. The summed E-state index contributed by atoms with van der Waals surface area (Å²) in [7, 11) is 0. The van der Waals surface area contributed by atoms with Crippen LogP contribution in [-0.2, 0) is 9.53 Å². The van der Waals surface area contributed by atoms with Gasteiger partial charge in [-0.05, 0) is 19.1 Å². The summed E-state index contributed by atoms with van der Waals surface area (Å²) in [4.78, 5) is 19.1. The van der Waals surface area contributed by atoms with Gasteiger partial charge < -0.3 is 14.4 Å². The normalized spacial score (nSPS) is 19.8. The zero-order valence-corrected chi connectivity index (χ0v) is 15.2. The van der Waals surface area contributed by atoms with Crippen molar-refractivity contribution in [3.8, 4) is 5.75 Å². The number of nitrogens with zero attached hydrogens (tertiary/aromatic N) is 3. The lowest BCUT2D eigenvalue weighted by Gasteiger charge is -2.36.